The van der Waals surface area contributed by atoms with E-state index < -0.39 is 11.2 Å². The molecule has 1 aromatic heterocycles. The van der Waals surface area contributed by atoms with Gasteiger partial charge in [0.2, 0.25) is 5.91 Å². The first-order valence-electron chi connectivity index (χ1n) is 7.79. The predicted octanol–water partition coefficient (Wildman–Crippen LogP) is 1.58. The van der Waals surface area contributed by atoms with Gasteiger partial charge in [0, 0.05) is 35.3 Å². The van der Waals surface area contributed by atoms with Gasteiger partial charge < -0.3 is 9.88 Å². The van der Waals surface area contributed by atoms with Crippen molar-refractivity contribution in [1.82, 2.24) is 14.9 Å². The summed E-state index contributed by atoms with van der Waals surface area (Å²) in [5.41, 5.74) is 0.801. The lowest BCUT2D eigenvalue weighted by Crippen LogP contribution is -2.34. The van der Waals surface area contributed by atoms with Gasteiger partial charge in [0.15, 0.2) is 0 Å². The van der Waals surface area contributed by atoms with E-state index in [4.69, 9.17) is 11.6 Å². The Labute approximate surface area is 143 Å². The number of amides is 1. The maximum atomic E-state index is 12.5. The molecule has 6 nitrogen and oxygen atoms in total. The van der Waals surface area contributed by atoms with E-state index in [1.54, 1.807) is 11.8 Å². The van der Waals surface area contributed by atoms with Crippen molar-refractivity contribution in [3.8, 4) is 0 Å². The van der Waals surface area contributed by atoms with Gasteiger partial charge in [0.05, 0.1) is 6.42 Å². The van der Waals surface area contributed by atoms with Gasteiger partial charge in [-0.2, -0.15) is 0 Å². The minimum absolute atomic E-state index is 0.0137. The number of nitrogens with one attached hydrogen (secondary N) is 2. The second kappa shape index (κ2) is 6.65. The molecular weight excluding hydrogens is 330 g/mol. The molecule has 0 saturated carbocycles. The zero-order valence-corrected chi connectivity index (χ0v) is 14.0. The summed E-state index contributed by atoms with van der Waals surface area (Å²) in [4.78, 5) is 42.0. The molecule has 0 spiro atoms. The van der Waals surface area contributed by atoms with E-state index >= 15 is 0 Å². The number of carbonyl (C=O) groups is 1. The molecule has 0 radical (unpaired) electrons. The molecule has 1 fully saturated rings. The predicted molar refractivity (Wildman–Crippen MR) is 91.5 cm³/mol. The van der Waals surface area contributed by atoms with Crippen LogP contribution in [0.3, 0.4) is 0 Å². The smallest absolute Gasteiger partial charge is 0.325 e. The maximum absolute atomic E-state index is 12.5. The van der Waals surface area contributed by atoms with Gasteiger partial charge in [-0.15, -0.1) is 0 Å². The van der Waals surface area contributed by atoms with Crippen molar-refractivity contribution in [3.05, 3.63) is 66.9 Å². The van der Waals surface area contributed by atoms with Crippen LogP contribution in [0.25, 0.3) is 0 Å². The molecule has 0 bridgehead atoms. The van der Waals surface area contributed by atoms with Crippen LogP contribution in [0.2, 0.25) is 5.02 Å². The van der Waals surface area contributed by atoms with Gasteiger partial charge in [-0.25, -0.2) is 4.79 Å². The van der Waals surface area contributed by atoms with Crippen LogP contribution in [0.5, 0.6) is 0 Å². The van der Waals surface area contributed by atoms with Gasteiger partial charge >= 0.3 is 5.69 Å². The maximum Gasteiger partial charge on any atom is 0.325 e. The quantitative estimate of drug-likeness (QED) is 0.884. The van der Waals surface area contributed by atoms with Crippen LogP contribution in [0.15, 0.2) is 33.9 Å². The Kier molecular flexibility index (Phi) is 4.57. The summed E-state index contributed by atoms with van der Waals surface area (Å²) in [6, 6.07) is 7.68. The first-order chi connectivity index (χ1) is 11.4. The van der Waals surface area contributed by atoms with Crippen LogP contribution in [0.4, 0.5) is 0 Å². The highest BCUT2D eigenvalue weighted by atomic mass is 35.5. The Morgan fingerprint density at radius 1 is 1.33 bits per heavy atom. The van der Waals surface area contributed by atoms with E-state index in [-0.39, 0.29) is 18.2 Å². The monoisotopic (exact) mass is 347 g/mol. The average molecular weight is 348 g/mol. The van der Waals surface area contributed by atoms with Crippen molar-refractivity contribution in [2.45, 2.75) is 25.7 Å². The molecule has 3 rings (SSSR count). The van der Waals surface area contributed by atoms with E-state index in [9.17, 15) is 14.4 Å². The number of benzene rings is 1. The van der Waals surface area contributed by atoms with Gasteiger partial charge in [-0.3, -0.25) is 14.6 Å². The molecular formula is C17H18ClN3O3. The number of hydrogen-bond acceptors (Lipinski definition) is 3. The summed E-state index contributed by atoms with van der Waals surface area (Å²) < 4.78 is 0. The fourth-order valence-electron chi connectivity index (χ4n) is 3.12. The normalized spacial score (nSPS) is 17.2. The van der Waals surface area contributed by atoms with Crippen LogP contribution in [0.1, 0.15) is 29.2 Å². The molecule has 2 heterocycles. The first-order valence-corrected chi connectivity index (χ1v) is 8.17. The molecule has 2 aromatic rings. The number of aromatic nitrogens is 2. The number of nitrogens with zero attached hydrogens (tertiary/aromatic N) is 1. The summed E-state index contributed by atoms with van der Waals surface area (Å²) in [5, 5.41) is 0.688. The molecule has 1 aliphatic rings. The van der Waals surface area contributed by atoms with Crippen molar-refractivity contribution in [1.29, 1.82) is 0 Å². The molecule has 7 heteroatoms. The third kappa shape index (κ3) is 3.43. The fourth-order valence-corrected chi connectivity index (χ4v) is 3.32. The molecule has 1 saturated heterocycles. The Morgan fingerprint density at radius 3 is 2.83 bits per heavy atom. The summed E-state index contributed by atoms with van der Waals surface area (Å²) in [5.74, 6) is 0.141. The Bertz CT molecular complexity index is 887. The number of halogens is 1. The Hall–Kier alpha value is -2.34. The SMILES string of the molecule is Cc1[nH]c(=O)[nH]c(=O)c1CC(=O)N1CCC(c2cccc(Cl)c2)C1. The highest BCUT2D eigenvalue weighted by Gasteiger charge is 2.28. The van der Waals surface area contributed by atoms with Crippen molar-refractivity contribution >= 4 is 17.5 Å². The van der Waals surface area contributed by atoms with E-state index in [1.807, 2.05) is 24.3 Å². The minimum Gasteiger partial charge on any atom is -0.342 e. The second-order valence-corrected chi connectivity index (χ2v) is 6.51. The van der Waals surface area contributed by atoms with E-state index in [2.05, 4.69) is 9.97 Å². The van der Waals surface area contributed by atoms with Gasteiger partial charge in [0.1, 0.15) is 0 Å². The lowest BCUT2D eigenvalue weighted by atomic mass is 9.99. The van der Waals surface area contributed by atoms with Crippen molar-refractivity contribution in [3.63, 3.8) is 0 Å². The average Bonchev–Trinajstić information content (AvgIpc) is 3.00. The molecule has 0 aliphatic carbocycles. The number of rotatable bonds is 3. The second-order valence-electron chi connectivity index (χ2n) is 6.07. The van der Waals surface area contributed by atoms with Crippen molar-refractivity contribution in [2.75, 3.05) is 13.1 Å². The molecule has 1 aliphatic heterocycles. The Morgan fingerprint density at radius 2 is 2.12 bits per heavy atom. The zero-order valence-electron chi connectivity index (χ0n) is 13.3. The van der Waals surface area contributed by atoms with Crippen LogP contribution < -0.4 is 11.2 Å². The molecule has 1 amide bonds. The van der Waals surface area contributed by atoms with E-state index in [0.29, 0.717) is 29.4 Å². The lowest BCUT2D eigenvalue weighted by molar-refractivity contribution is -0.129. The molecule has 1 atom stereocenters. The zero-order chi connectivity index (χ0) is 17.3. The van der Waals surface area contributed by atoms with Gasteiger partial charge in [0.25, 0.3) is 5.56 Å². The lowest BCUT2D eigenvalue weighted by Gasteiger charge is -2.17. The molecule has 1 unspecified atom stereocenters. The molecule has 1 aromatic carbocycles. The number of aryl methyl sites for hydroxylation is 1. The molecule has 24 heavy (non-hydrogen) atoms. The van der Waals surface area contributed by atoms with Crippen LogP contribution in [-0.4, -0.2) is 33.9 Å². The van der Waals surface area contributed by atoms with Crippen molar-refractivity contribution in [2.24, 2.45) is 0 Å². The van der Waals surface area contributed by atoms with Crippen molar-refractivity contribution < 1.29 is 4.79 Å². The molecule has 2 N–H and O–H groups in total. The van der Waals surface area contributed by atoms with Crippen LogP contribution in [-0.2, 0) is 11.2 Å². The largest absolute Gasteiger partial charge is 0.342 e. The molecule has 126 valence electrons. The highest BCUT2D eigenvalue weighted by molar-refractivity contribution is 6.30. The summed E-state index contributed by atoms with van der Waals surface area (Å²) >= 11 is 6.03. The summed E-state index contributed by atoms with van der Waals surface area (Å²) in [7, 11) is 0. The Balaban J connectivity index is 1.71. The number of hydrogen-bond donors (Lipinski definition) is 2. The number of carbonyl (C=O) groups excluding carboxylic acids is 1. The minimum atomic E-state index is -0.559. The third-order valence-corrected chi connectivity index (χ3v) is 4.68. The van der Waals surface area contributed by atoms with Crippen LogP contribution in [0, 0.1) is 6.92 Å². The highest BCUT2D eigenvalue weighted by Crippen LogP contribution is 2.29. The number of H-pyrrole nitrogens is 2. The topological polar surface area (TPSA) is 86.0 Å². The van der Waals surface area contributed by atoms with Crippen LogP contribution >= 0.6 is 11.6 Å². The summed E-state index contributed by atoms with van der Waals surface area (Å²) in [6.07, 6.45) is 0.854. The van der Waals surface area contributed by atoms with Gasteiger partial charge in [-0.05, 0) is 31.0 Å². The standard InChI is InChI=1S/C17H18ClN3O3/c1-10-14(16(23)20-17(24)19-10)8-15(22)21-6-5-12(9-21)11-3-2-4-13(18)7-11/h2-4,7,12H,5-6,8-9H2,1H3,(H2,19,20,23,24). The van der Waals surface area contributed by atoms with E-state index in [0.717, 1.165) is 12.0 Å². The first kappa shape index (κ1) is 16.5. The van der Waals surface area contributed by atoms with E-state index in [1.165, 1.54) is 0 Å². The fraction of sp³-hybridized carbons (Fsp3) is 0.353. The summed E-state index contributed by atoms with van der Waals surface area (Å²) in [6.45, 7) is 2.88. The third-order valence-electron chi connectivity index (χ3n) is 4.44. The van der Waals surface area contributed by atoms with Gasteiger partial charge in [-0.1, -0.05) is 23.7 Å². The number of likely N-dealkylation sites (tertiary alicyclic amines) is 1. The number of aromatic amines is 2.